The summed E-state index contributed by atoms with van der Waals surface area (Å²) in [7, 11) is 0. The highest BCUT2D eigenvalue weighted by atomic mass is 27.1. The minimum atomic E-state index is 0.815. The zero-order chi connectivity index (χ0) is 7.66. The van der Waals surface area contributed by atoms with Crippen LogP contribution in [0.2, 0.25) is 10.6 Å². The molecule has 59 valence electrons. The van der Waals surface area contributed by atoms with E-state index in [2.05, 4.69) is 13.8 Å². The largest absolute Gasteiger partial charge is 0.381 e. The Kier molecular flexibility index (Phi) is 9.96. The van der Waals surface area contributed by atoms with Crippen molar-refractivity contribution in [2.45, 2.75) is 37.3 Å². The van der Waals surface area contributed by atoms with Crippen LogP contribution in [0.5, 0.6) is 0 Å². The average molecular weight is 157 g/mol. The van der Waals surface area contributed by atoms with Crippen LogP contribution in [0.1, 0.15) is 26.7 Å². The van der Waals surface area contributed by atoms with E-state index in [0.29, 0.717) is 0 Å². The Morgan fingerprint density at radius 2 is 1.60 bits per heavy atom. The van der Waals surface area contributed by atoms with Gasteiger partial charge >= 0.3 is 0 Å². The van der Waals surface area contributed by atoms with Gasteiger partial charge in [0, 0.05) is 13.2 Å². The van der Waals surface area contributed by atoms with Crippen LogP contribution in [-0.2, 0) is 4.74 Å². The molecule has 1 saturated heterocycles. The lowest BCUT2D eigenvalue weighted by molar-refractivity contribution is 0.198. The van der Waals surface area contributed by atoms with Crippen LogP contribution in [0.3, 0.4) is 0 Å². The molecule has 1 aliphatic rings. The van der Waals surface area contributed by atoms with Crippen LogP contribution >= 0.6 is 0 Å². The van der Waals surface area contributed by atoms with Gasteiger partial charge in [0.1, 0.15) is 0 Å². The summed E-state index contributed by atoms with van der Waals surface area (Å²) in [5, 5.41) is 2.85. The van der Waals surface area contributed by atoms with Crippen molar-refractivity contribution in [3.05, 3.63) is 0 Å². The van der Waals surface area contributed by atoms with E-state index in [-0.39, 0.29) is 0 Å². The minimum absolute atomic E-state index is 0.815. The molecule has 0 aliphatic carbocycles. The predicted octanol–water partition coefficient (Wildman–Crippen LogP) is 2.36. The van der Waals surface area contributed by atoms with E-state index < -0.39 is 0 Å². The Bertz CT molecular complexity index is 43.6. The maximum Gasteiger partial charge on any atom is 0.198 e. The number of hydrogen-bond acceptors (Lipinski definition) is 1. The number of rotatable bonds is 2. The third-order valence-corrected chi connectivity index (χ3v) is 2.56. The van der Waals surface area contributed by atoms with Crippen LogP contribution in [0.4, 0.5) is 0 Å². The van der Waals surface area contributed by atoms with Crippen LogP contribution in [-0.4, -0.2) is 28.4 Å². The van der Waals surface area contributed by atoms with E-state index in [0.717, 1.165) is 28.4 Å². The molecule has 1 fully saturated rings. The zero-order valence-electron chi connectivity index (χ0n) is 7.23. The lowest BCUT2D eigenvalue weighted by atomic mass is 10.4. The maximum atomic E-state index is 4.94. The fraction of sp³-hybridized carbons (Fsp3) is 1.00. The first-order valence-electron chi connectivity index (χ1n) is 4.31. The first-order chi connectivity index (χ1) is 4.91. The molecule has 0 spiro atoms. The summed E-state index contributed by atoms with van der Waals surface area (Å²) in [5.41, 5.74) is 0. The van der Waals surface area contributed by atoms with E-state index in [1.54, 1.807) is 0 Å². The molecule has 10 heavy (non-hydrogen) atoms. The van der Waals surface area contributed by atoms with Crippen molar-refractivity contribution < 1.29 is 4.74 Å². The molecule has 0 aromatic carbocycles. The van der Waals surface area contributed by atoms with Crippen molar-refractivity contribution >= 4 is 15.2 Å². The quantitative estimate of drug-likeness (QED) is 0.559. The van der Waals surface area contributed by atoms with E-state index >= 15 is 0 Å². The summed E-state index contributed by atoms with van der Waals surface area (Å²) >= 11 is 0.815. The molecule has 0 unspecified atom stereocenters. The van der Waals surface area contributed by atoms with Crippen molar-refractivity contribution in [1.82, 2.24) is 0 Å². The molecular formula is C8H18AlO. The van der Waals surface area contributed by atoms with E-state index in [9.17, 15) is 0 Å². The Morgan fingerprint density at radius 1 is 1.10 bits per heavy atom. The van der Waals surface area contributed by atoms with Gasteiger partial charge in [-0.3, -0.25) is 0 Å². The molecule has 2 heteroatoms. The topological polar surface area (TPSA) is 9.23 Å². The predicted molar refractivity (Wildman–Crippen MR) is 46.8 cm³/mol. The van der Waals surface area contributed by atoms with E-state index in [4.69, 9.17) is 4.74 Å². The van der Waals surface area contributed by atoms with Gasteiger partial charge in [0.25, 0.3) is 0 Å². The standard InChI is InChI=1S/C4H8O.2C2H5.Al/c1-2-4-5-3-1;2*1-2;/h1-4H2;2*1H2,2H3;. The molecule has 0 atom stereocenters. The summed E-state index contributed by atoms with van der Waals surface area (Å²) < 4.78 is 4.94. The molecule has 0 bridgehead atoms. The second kappa shape index (κ2) is 9.49. The first kappa shape index (κ1) is 10.5. The molecule has 1 heterocycles. The monoisotopic (exact) mass is 157 g/mol. The van der Waals surface area contributed by atoms with Crippen molar-refractivity contribution in [2.75, 3.05) is 13.2 Å². The van der Waals surface area contributed by atoms with Gasteiger partial charge in [-0.05, 0) is 12.8 Å². The van der Waals surface area contributed by atoms with Gasteiger partial charge in [0.2, 0.25) is 0 Å². The van der Waals surface area contributed by atoms with Gasteiger partial charge in [-0.25, -0.2) is 0 Å². The highest BCUT2D eigenvalue weighted by Crippen LogP contribution is 1.98. The lowest BCUT2D eigenvalue weighted by Crippen LogP contribution is -1.76. The van der Waals surface area contributed by atoms with E-state index in [1.807, 2.05) is 0 Å². The lowest BCUT2D eigenvalue weighted by Gasteiger charge is -1.76. The van der Waals surface area contributed by atoms with Crippen molar-refractivity contribution in [2.24, 2.45) is 0 Å². The second-order valence-electron chi connectivity index (χ2n) is 2.42. The Morgan fingerprint density at radius 3 is 1.70 bits per heavy atom. The van der Waals surface area contributed by atoms with Crippen molar-refractivity contribution in [3.63, 3.8) is 0 Å². The molecule has 1 radical (unpaired) electrons. The highest BCUT2D eigenvalue weighted by molar-refractivity contribution is 6.34. The number of hydrogen-bond donors (Lipinski definition) is 0. The molecule has 1 aliphatic heterocycles. The Hall–Kier alpha value is 0.492. The molecule has 0 aromatic heterocycles. The minimum Gasteiger partial charge on any atom is -0.381 e. The van der Waals surface area contributed by atoms with Gasteiger partial charge in [-0.2, -0.15) is 0 Å². The highest BCUT2D eigenvalue weighted by Gasteiger charge is 1.94. The van der Waals surface area contributed by atoms with Gasteiger partial charge in [-0.1, -0.05) is 13.8 Å². The fourth-order valence-electron chi connectivity index (χ4n) is 0.799. The van der Waals surface area contributed by atoms with Crippen molar-refractivity contribution in [3.8, 4) is 0 Å². The summed E-state index contributed by atoms with van der Waals surface area (Å²) in [6.45, 7) is 6.50. The molecule has 0 saturated carbocycles. The smallest absolute Gasteiger partial charge is 0.198 e. The molecule has 0 amide bonds. The molecule has 1 nitrogen and oxygen atoms in total. The third kappa shape index (κ3) is 8.49. The van der Waals surface area contributed by atoms with Gasteiger partial charge in [0.15, 0.2) is 15.2 Å². The normalized spacial score (nSPS) is 15.8. The maximum absolute atomic E-state index is 4.94. The van der Waals surface area contributed by atoms with Gasteiger partial charge in [0.05, 0.1) is 0 Å². The molecule has 0 aromatic rings. The van der Waals surface area contributed by atoms with E-state index in [1.165, 1.54) is 23.4 Å². The van der Waals surface area contributed by atoms with Crippen LogP contribution in [0.25, 0.3) is 0 Å². The van der Waals surface area contributed by atoms with Gasteiger partial charge < -0.3 is 4.74 Å². The summed E-state index contributed by atoms with van der Waals surface area (Å²) in [5.74, 6) is 0. The summed E-state index contributed by atoms with van der Waals surface area (Å²) in [6, 6.07) is 0. The molecular weight excluding hydrogens is 139 g/mol. The van der Waals surface area contributed by atoms with Gasteiger partial charge in [-0.15, -0.1) is 10.6 Å². The Labute approximate surface area is 70.9 Å². The molecule has 1 rings (SSSR count). The first-order valence-corrected chi connectivity index (χ1v) is 5.94. The fourth-order valence-corrected chi connectivity index (χ4v) is 1.38. The second-order valence-corrected chi connectivity index (χ2v) is 4.63. The average Bonchev–Trinajstić information content (AvgIpc) is 2.44. The molecule has 0 N–H and O–H groups in total. The van der Waals surface area contributed by atoms with Crippen molar-refractivity contribution in [1.29, 1.82) is 0 Å². The Balaban J connectivity index is 0.000000162. The zero-order valence-corrected chi connectivity index (χ0v) is 8.38. The number of ether oxygens (including phenoxy) is 1. The SMILES string of the molecule is C1CCOC1.C[CH2][Al][CH2]C. The third-order valence-electron chi connectivity index (χ3n) is 1.40. The van der Waals surface area contributed by atoms with Crippen LogP contribution in [0.15, 0.2) is 0 Å². The summed E-state index contributed by atoms with van der Waals surface area (Å²) in [6.07, 6.45) is 2.56. The van der Waals surface area contributed by atoms with Crippen LogP contribution < -0.4 is 0 Å². The van der Waals surface area contributed by atoms with Crippen LogP contribution in [0, 0.1) is 0 Å². The summed E-state index contributed by atoms with van der Waals surface area (Å²) in [4.78, 5) is 0.